The molecule has 2 aromatic heterocycles. The summed E-state index contributed by atoms with van der Waals surface area (Å²) in [6.45, 7) is 1.94. The van der Waals surface area contributed by atoms with Gasteiger partial charge in [-0.3, -0.25) is 4.79 Å². The standard InChI is InChI=1S/C26H21N5O4/c1-16-13-22(29-24-20(16)5-4-6-21(24)34-2)31-25(19(14-27)15-28-31)30-23(32)12-9-17-7-10-18(11-8-17)26(33)35-3/h4-13,15H,1-3H3,(H,30,32)/b12-9+. The number of rotatable bonds is 6. The van der Waals surface area contributed by atoms with Gasteiger partial charge in [-0.1, -0.05) is 24.3 Å². The smallest absolute Gasteiger partial charge is 0.337 e. The highest BCUT2D eigenvalue weighted by Gasteiger charge is 2.17. The Morgan fingerprint density at radius 2 is 1.91 bits per heavy atom. The van der Waals surface area contributed by atoms with Crippen LogP contribution in [0.25, 0.3) is 22.8 Å². The fourth-order valence-electron chi connectivity index (χ4n) is 3.55. The second-order valence-electron chi connectivity index (χ2n) is 7.52. The summed E-state index contributed by atoms with van der Waals surface area (Å²) in [4.78, 5) is 28.9. The van der Waals surface area contributed by atoms with E-state index in [1.54, 1.807) is 37.5 Å². The number of aryl methyl sites for hydroxylation is 1. The van der Waals surface area contributed by atoms with Crippen molar-refractivity contribution in [2.75, 3.05) is 19.5 Å². The SMILES string of the molecule is COC(=O)c1ccc(/C=C/C(=O)Nc2c(C#N)cnn2-c2cc(C)c3cccc(OC)c3n2)cc1. The van der Waals surface area contributed by atoms with E-state index in [9.17, 15) is 14.9 Å². The van der Waals surface area contributed by atoms with Crippen LogP contribution in [0.15, 0.2) is 60.8 Å². The zero-order chi connectivity index (χ0) is 24.9. The number of benzene rings is 2. The molecule has 0 fully saturated rings. The number of nitriles is 1. The van der Waals surface area contributed by atoms with E-state index in [1.807, 2.05) is 37.3 Å². The molecule has 0 aliphatic rings. The summed E-state index contributed by atoms with van der Waals surface area (Å²) in [5.74, 6) is 0.330. The van der Waals surface area contributed by atoms with E-state index in [-0.39, 0.29) is 11.4 Å². The van der Waals surface area contributed by atoms with Crippen molar-refractivity contribution >= 4 is 34.7 Å². The van der Waals surface area contributed by atoms with Crippen LogP contribution >= 0.6 is 0 Å². The van der Waals surface area contributed by atoms with Crippen molar-refractivity contribution < 1.29 is 19.1 Å². The number of carbonyl (C=O) groups excluding carboxylic acids is 2. The van der Waals surface area contributed by atoms with E-state index in [0.717, 1.165) is 10.9 Å². The Labute approximate surface area is 201 Å². The number of hydrogen-bond donors (Lipinski definition) is 1. The van der Waals surface area contributed by atoms with Crippen molar-refractivity contribution in [1.29, 1.82) is 5.26 Å². The van der Waals surface area contributed by atoms with Gasteiger partial charge in [-0.15, -0.1) is 0 Å². The molecule has 0 saturated carbocycles. The maximum absolute atomic E-state index is 12.7. The third kappa shape index (κ3) is 4.72. The molecule has 1 amide bonds. The molecule has 0 bridgehead atoms. The van der Waals surface area contributed by atoms with Gasteiger partial charge in [0, 0.05) is 11.5 Å². The predicted molar refractivity (Wildman–Crippen MR) is 130 cm³/mol. The number of carbonyl (C=O) groups is 2. The number of ether oxygens (including phenoxy) is 2. The molecule has 0 aliphatic heterocycles. The van der Waals surface area contributed by atoms with Crippen molar-refractivity contribution in [3.05, 3.63) is 83.1 Å². The lowest BCUT2D eigenvalue weighted by Crippen LogP contribution is -2.14. The molecule has 4 aromatic rings. The Balaban J connectivity index is 1.63. The molecular formula is C26H21N5O4. The van der Waals surface area contributed by atoms with Crippen LogP contribution in [0.5, 0.6) is 5.75 Å². The van der Waals surface area contributed by atoms with E-state index in [0.29, 0.717) is 28.2 Å². The lowest BCUT2D eigenvalue weighted by atomic mass is 10.1. The number of nitrogens with one attached hydrogen (secondary N) is 1. The Kier molecular flexibility index (Phi) is 6.55. The average Bonchev–Trinajstić information content (AvgIpc) is 3.29. The van der Waals surface area contributed by atoms with Gasteiger partial charge < -0.3 is 14.8 Å². The maximum Gasteiger partial charge on any atom is 0.337 e. The number of anilines is 1. The second-order valence-corrected chi connectivity index (χ2v) is 7.52. The summed E-state index contributed by atoms with van der Waals surface area (Å²) in [5.41, 5.74) is 2.89. The minimum Gasteiger partial charge on any atom is -0.494 e. The van der Waals surface area contributed by atoms with E-state index >= 15 is 0 Å². The molecule has 0 atom stereocenters. The molecule has 0 unspecified atom stereocenters. The molecule has 2 aromatic carbocycles. The summed E-state index contributed by atoms with van der Waals surface area (Å²) < 4.78 is 11.5. The van der Waals surface area contributed by atoms with Crippen molar-refractivity contribution in [2.45, 2.75) is 6.92 Å². The quantitative estimate of drug-likeness (QED) is 0.336. The largest absolute Gasteiger partial charge is 0.494 e. The number of amides is 1. The molecular weight excluding hydrogens is 446 g/mol. The molecule has 4 rings (SSSR count). The molecule has 0 aliphatic carbocycles. The van der Waals surface area contributed by atoms with Crippen LogP contribution in [-0.2, 0) is 9.53 Å². The van der Waals surface area contributed by atoms with Gasteiger partial charge in [0.2, 0.25) is 5.91 Å². The minimum absolute atomic E-state index is 0.189. The van der Waals surface area contributed by atoms with Crippen LogP contribution in [0, 0.1) is 18.3 Å². The number of hydrogen-bond acceptors (Lipinski definition) is 7. The average molecular weight is 467 g/mol. The molecule has 0 saturated heterocycles. The van der Waals surface area contributed by atoms with Gasteiger partial charge in [0.1, 0.15) is 22.9 Å². The van der Waals surface area contributed by atoms with Crippen molar-refractivity contribution in [1.82, 2.24) is 14.8 Å². The number of pyridine rings is 1. The number of esters is 1. The number of para-hydroxylation sites is 1. The van der Waals surface area contributed by atoms with Crippen LogP contribution in [0.2, 0.25) is 0 Å². The highest BCUT2D eigenvalue weighted by atomic mass is 16.5. The van der Waals surface area contributed by atoms with E-state index in [1.165, 1.54) is 24.1 Å². The maximum atomic E-state index is 12.7. The summed E-state index contributed by atoms with van der Waals surface area (Å²) >= 11 is 0. The normalized spacial score (nSPS) is 10.8. The third-order valence-corrected chi connectivity index (χ3v) is 5.32. The highest BCUT2D eigenvalue weighted by molar-refractivity contribution is 6.02. The molecule has 9 nitrogen and oxygen atoms in total. The predicted octanol–water partition coefficient (Wildman–Crippen LogP) is 4.05. The highest BCUT2D eigenvalue weighted by Crippen LogP contribution is 2.29. The van der Waals surface area contributed by atoms with Crippen LogP contribution in [0.4, 0.5) is 5.82 Å². The zero-order valence-electron chi connectivity index (χ0n) is 19.3. The number of methoxy groups -OCH3 is 2. The van der Waals surface area contributed by atoms with Gasteiger partial charge in [0.05, 0.1) is 26.0 Å². The van der Waals surface area contributed by atoms with E-state index < -0.39 is 11.9 Å². The lowest BCUT2D eigenvalue weighted by molar-refractivity contribution is -0.111. The monoisotopic (exact) mass is 467 g/mol. The number of nitrogens with zero attached hydrogens (tertiary/aromatic N) is 4. The Morgan fingerprint density at radius 3 is 2.60 bits per heavy atom. The molecule has 2 heterocycles. The summed E-state index contributed by atoms with van der Waals surface area (Å²) in [6, 6.07) is 16.1. The fourth-order valence-corrected chi connectivity index (χ4v) is 3.55. The molecule has 35 heavy (non-hydrogen) atoms. The van der Waals surface area contributed by atoms with Crippen molar-refractivity contribution in [3.63, 3.8) is 0 Å². The van der Waals surface area contributed by atoms with E-state index in [4.69, 9.17) is 4.74 Å². The summed E-state index contributed by atoms with van der Waals surface area (Å²) in [5, 5.41) is 17.5. The third-order valence-electron chi connectivity index (χ3n) is 5.32. The van der Waals surface area contributed by atoms with Gasteiger partial charge in [-0.25, -0.2) is 9.78 Å². The molecule has 9 heteroatoms. The first-order chi connectivity index (χ1) is 16.9. The Hall–Kier alpha value is -4.97. The first-order valence-electron chi connectivity index (χ1n) is 10.6. The summed E-state index contributed by atoms with van der Waals surface area (Å²) in [6.07, 6.45) is 4.29. The van der Waals surface area contributed by atoms with Gasteiger partial charge in [0.15, 0.2) is 11.6 Å². The van der Waals surface area contributed by atoms with Crippen LogP contribution in [-0.4, -0.2) is 40.9 Å². The van der Waals surface area contributed by atoms with Crippen molar-refractivity contribution in [2.24, 2.45) is 0 Å². The minimum atomic E-state index is -0.463. The van der Waals surface area contributed by atoms with Crippen LogP contribution in [0.3, 0.4) is 0 Å². The van der Waals surface area contributed by atoms with Crippen molar-refractivity contribution in [3.8, 4) is 17.6 Å². The lowest BCUT2D eigenvalue weighted by Gasteiger charge is -2.12. The topological polar surface area (TPSA) is 119 Å². The Morgan fingerprint density at radius 1 is 1.14 bits per heavy atom. The second kappa shape index (κ2) is 9.89. The van der Waals surface area contributed by atoms with Gasteiger partial charge in [-0.2, -0.15) is 15.0 Å². The molecule has 0 spiro atoms. The molecule has 0 radical (unpaired) electrons. The Bertz CT molecular complexity index is 1500. The number of aromatic nitrogens is 3. The van der Waals surface area contributed by atoms with Gasteiger partial charge in [-0.05, 0) is 48.4 Å². The van der Waals surface area contributed by atoms with Crippen LogP contribution < -0.4 is 10.1 Å². The van der Waals surface area contributed by atoms with Gasteiger partial charge in [0.25, 0.3) is 0 Å². The number of fused-ring (bicyclic) bond motifs is 1. The first kappa shape index (κ1) is 23.2. The molecule has 1 N–H and O–H groups in total. The summed E-state index contributed by atoms with van der Waals surface area (Å²) in [7, 11) is 2.88. The van der Waals surface area contributed by atoms with E-state index in [2.05, 4.69) is 20.1 Å². The zero-order valence-corrected chi connectivity index (χ0v) is 19.3. The first-order valence-corrected chi connectivity index (χ1v) is 10.6. The fraction of sp³-hybridized carbons (Fsp3) is 0.115. The van der Waals surface area contributed by atoms with Crippen LogP contribution in [0.1, 0.15) is 27.0 Å². The van der Waals surface area contributed by atoms with Gasteiger partial charge >= 0.3 is 5.97 Å². The molecule has 174 valence electrons.